The second-order valence-corrected chi connectivity index (χ2v) is 8.50. The second kappa shape index (κ2) is 9.16. The van der Waals surface area contributed by atoms with E-state index in [1.54, 1.807) is 9.21 Å². The van der Waals surface area contributed by atoms with Crippen molar-refractivity contribution in [1.82, 2.24) is 14.1 Å². The highest BCUT2D eigenvalue weighted by Crippen LogP contribution is 2.32. The highest BCUT2D eigenvalue weighted by molar-refractivity contribution is 7.97. The Hall–Kier alpha value is -1.16. The molecule has 1 aliphatic rings. The molecule has 2 N–H and O–H groups in total. The molecule has 1 fully saturated rings. The number of benzene rings is 1. The van der Waals surface area contributed by atoms with Crippen LogP contribution in [0.25, 0.3) is 0 Å². The molecule has 0 bridgehead atoms. The van der Waals surface area contributed by atoms with Crippen LogP contribution in [0.2, 0.25) is 0 Å². The number of carbonyl (C=O) groups excluding carboxylic acids is 1. The molecule has 1 saturated heterocycles. The van der Waals surface area contributed by atoms with Crippen LogP contribution in [0.4, 0.5) is 0 Å². The van der Waals surface area contributed by atoms with Gasteiger partial charge in [0.05, 0.1) is 6.54 Å². The summed E-state index contributed by atoms with van der Waals surface area (Å²) < 4.78 is 7.03. The maximum atomic E-state index is 11.9. The van der Waals surface area contributed by atoms with Gasteiger partial charge >= 0.3 is 5.97 Å². The normalized spacial score (nSPS) is 22.1. The Bertz CT molecular complexity index is 582. The molecular weight excluding hydrogens is 354 g/mol. The molecule has 1 aromatic carbocycles. The van der Waals surface area contributed by atoms with Gasteiger partial charge in [-0.05, 0) is 45.3 Å². The molecule has 0 amide bonds. The molecule has 1 aromatic rings. The highest BCUT2D eigenvalue weighted by Gasteiger charge is 2.38. The molecule has 0 spiro atoms. The largest absolute Gasteiger partial charge is 0.459 e. The van der Waals surface area contributed by atoms with Gasteiger partial charge in [0.25, 0.3) is 0 Å². The summed E-state index contributed by atoms with van der Waals surface area (Å²) >= 11 is 1.19. The van der Waals surface area contributed by atoms with E-state index in [1.807, 2.05) is 63.1 Å². The molecule has 146 valence electrons. The van der Waals surface area contributed by atoms with E-state index in [2.05, 4.69) is 0 Å². The lowest BCUT2D eigenvalue weighted by Gasteiger charge is -2.26. The summed E-state index contributed by atoms with van der Waals surface area (Å²) in [6, 6.07) is 9.71. The van der Waals surface area contributed by atoms with Gasteiger partial charge in [0.1, 0.15) is 5.60 Å². The van der Waals surface area contributed by atoms with Gasteiger partial charge in [-0.1, -0.05) is 30.3 Å². The van der Waals surface area contributed by atoms with Crippen LogP contribution in [0.15, 0.2) is 30.3 Å². The molecule has 2 unspecified atom stereocenters. The maximum Gasteiger partial charge on any atom is 0.320 e. The topological polar surface area (TPSA) is 76.5 Å². The number of hydrogen-bond donors (Lipinski definition) is 2. The summed E-state index contributed by atoms with van der Waals surface area (Å²) in [4.78, 5) is 15.3. The van der Waals surface area contributed by atoms with E-state index in [0.717, 1.165) is 5.56 Å². The van der Waals surface area contributed by atoms with E-state index < -0.39 is 17.5 Å². The minimum Gasteiger partial charge on any atom is -0.459 e. The Balaban J connectivity index is 1.80. The number of nitrogens with zero attached hydrogens (tertiary/aromatic N) is 3. The SMILES string of the molecule is CN(CCN1SC(O)N(Cc2ccccc2)C1O)CC(=O)OC(C)(C)C. The van der Waals surface area contributed by atoms with Crippen molar-refractivity contribution in [3.63, 3.8) is 0 Å². The van der Waals surface area contributed by atoms with Crippen LogP contribution < -0.4 is 0 Å². The number of hydrogen-bond acceptors (Lipinski definition) is 8. The fourth-order valence-corrected chi connectivity index (χ4v) is 3.54. The zero-order valence-electron chi connectivity index (χ0n) is 15.8. The van der Waals surface area contributed by atoms with Crippen molar-refractivity contribution in [2.45, 2.75) is 44.8 Å². The second-order valence-electron chi connectivity index (χ2n) is 7.40. The monoisotopic (exact) mass is 383 g/mol. The molecule has 7 nitrogen and oxygen atoms in total. The van der Waals surface area contributed by atoms with Crippen LogP contribution in [0.1, 0.15) is 26.3 Å². The van der Waals surface area contributed by atoms with Gasteiger partial charge in [0.2, 0.25) is 0 Å². The van der Waals surface area contributed by atoms with Crippen molar-refractivity contribution in [3.8, 4) is 0 Å². The van der Waals surface area contributed by atoms with Gasteiger partial charge in [-0.15, -0.1) is 0 Å². The van der Waals surface area contributed by atoms with Crippen LogP contribution in [0, 0.1) is 0 Å². The minimum atomic E-state index is -0.884. The number of likely N-dealkylation sites (N-methyl/N-ethyl adjacent to an activating group) is 1. The summed E-state index contributed by atoms with van der Waals surface area (Å²) in [5.74, 6) is -0.277. The van der Waals surface area contributed by atoms with E-state index in [0.29, 0.717) is 19.6 Å². The number of aliphatic hydroxyl groups is 2. The molecule has 8 heteroatoms. The van der Waals surface area contributed by atoms with Crippen LogP contribution >= 0.6 is 11.9 Å². The van der Waals surface area contributed by atoms with Crippen molar-refractivity contribution in [1.29, 1.82) is 0 Å². The molecule has 0 saturated carbocycles. The first-order valence-electron chi connectivity index (χ1n) is 8.65. The van der Waals surface area contributed by atoms with Crippen LogP contribution in [-0.4, -0.2) is 74.5 Å². The predicted octanol–water partition coefficient (Wildman–Crippen LogP) is 1.28. The van der Waals surface area contributed by atoms with Crippen LogP contribution in [-0.2, 0) is 16.1 Å². The number of ether oxygens (including phenoxy) is 1. The van der Waals surface area contributed by atoms with Gasteiger partial charge in [-0.2, -0.15) is 0 Å². The highest BCUT2D eigenvalue weighted by atomic mass is 32.2. The number of aliphatic hydroxyl groups excluding tert-OH is 2. The number of rotatable bonds is 7. The van der Waals surface area contributed by atoms with Gasteiger partial charge in [0.15, 0.2) is 11.9 Å². The molecule has 1 heterocycles. The van der Waals surface area contributed by atoms with E-state index in [-0.39, 0.29) is 12.5 Å². The van der Waals surface area contributed by atoms with Crippen molar-refractivity contribution in [2.75, 3.05) is 26.7 Å². The molecule has 0 aliphatic carbocycles. The summed E-state index contributed by atoms with van der Waals surface area (Å²) in [5, 5.41) is 20.7. The zero-order chi connectivity index (χ0) is 19.3. The van der Waals surface area contributed by atoms with Gasteiger partial charge in [-0.3, -0.25) is 9.69 Å². The molecule has 2 atom stereocenters. The standard InChI is InChI=1S/C18H29N3O4S/c1-18(2,3)25-15(22)13-19(4)10-11-21-16(23)20(17(24)26-21)12-14-8-6-5-7-9-14/h5-9,16-17,23-24H,10-13H2,1-4H3. The third kappa shape index (κ3) is 6.53. The number of esters is 1. The predicted molar refractivity (Wildman–Crippen MR) is 102 cm³/mol. The van der Waals surface area contributed by atoms with Crippen molar-refractivity contribution >= 4 is 17.9 Å². The Kier molecular flexibility index (Phi) is 7.45. The Morgan fingerprint density at radius 3 is 2.54 bits per heavy atom. The van der Waals surface area contributed by atoms with E-state index >= 15 is 0 Å². The molecule has 2 rings (SSSR count). The first-order valence-corrected chi connectivity index (χ1v) is 9.49. The smallest absolute Gasteiger partial charge is 0.320 e. The van der Waals surface area contributed by atoms with Gasteiger partial charge in [0, 0.05) is 19.6 Å². The third-order valence-electron chi connectivity index (χ3n) is 3.80. The quantitative estimate of drug-likeness (QED) is 0.539. The van der Waals surface area contributed by atoms with Crippen molar-refractivity contribution < 1.29 is 19.7 Å². The van der Waals surface area contributed by atoms with E-state index in [1.165, 1.54) is 11.9 Å². The maximum absolute atomic E-state index is 11.9. The molecule has 1 aliphatic heterocycles. The zero-order valence-corrected chi connectivity index (χ0v) is 16.6. The first-order chi connectivity index (χ1) is 12.2. The summed E-state index contributed by atoms with van der Waals surface area (Å²) in [7, 11) is 1.83. The van der Waals surface area contributed by atoms with Gasteiger partial charge < -0.3 is 14.9 Å². The summed E-state index contributed by atoms with van der Waals surface area (Å²) in [5.41, 5.74) is -0.280. The number of carbonyl (C=O) groups is 1. The third-order valence-corrected chi connectivity index (χ3v) is 4.90. The lowest BCUT2D eigenvalue weighted by molar-refractivity contribution is -0.155. The average molecular weight is 384 g/mol. The Morgan fingerprint density at radius 1 is 1.27 bits per heavy atom. The Labute approximate surface area is 159 Å². The molecule has 0 aromatic heterocycles. The molecular formula is C18H29N3O4S. The molecule has 0 radical (unpaired) electrons. The minimum absolute atomic E-state index is 0.183. The van der Waals surface area contributed by atoms with Crippen LogP contribution in [0.5, 0.6) is 0 Å². The first kappa shape index (κ1) is 21.1. The Morgan fingerprint density at radius 2 is 1.92 bits per heavy atom. The van der Waals surface area contributed by atoms with Gasteiger partial charge in [-0.25, -0.2) is 9.21 Å². The summed E-state index contributed by atoms with van der Waals surface area (Å²) in [6.07, 6.45) is -0.884. The lowest BCUT2D eigenvalue weighted by Crippen LogP contribution is -2.42. The fraction of sp³-hybridized carbons (Fsp3) is 0.611. The summed E-state index contributed by atoms with van der Waals surface area (Å²) in [6.45, 7) is 7.23. The molecule has 26 heavy (non-hydrogen) atoms. The van der Waals surface area contributed by atoms with E-state index in [9.17, 15) is 15.0 Å². The van der Waals surface area contributed by atoms with Crippen molar-refractivity contribution in [3.05, 3.63) is 35.9 Å². The van der Waals surface area contributed by atoms with Crippen LogP contribution in [0.3, 0.4) is 0 Å². The van der Waals surface area contributed by atoms with E-state index in [4.69, 9.17) is 4.74 Å². The van der Waals surface area contributed by atoms with Crippen molar-refractivity contribution in [2.24, 2.45) is 0 Å². The average Bonchev–Trinajstić information content (AvgIpc) is 2.79. The lowest BCUT2D eigenvalue weighted by atomic mass is 10.2. The fourth-order valence-electron chi connectivity index (χ4n) is 2.58.